The van der Waals surface area contributed by atoms with Gasteiger partial charge in [-0.25, -0.2) is 0 Å². The normalized spacial score (nSPS) is 16.9. The molecule has 68 valence electrons. The minimum atomic E-state index is -0.748. The Morgan fingerprint density at radius 3 is 2.09 bits per heavy atom. The molecule has 2 N–H and O–H groups in total. The average molecular weight is 162 g/mol. The minimum absolute atomic E-state index is 0.105. The second-order valence-electron chi connectivity index (χ2n) is 2.93. The lowest BCUT2D eigenvalue weighted by atomic mass is 10.2. The first-order valence-corrected chi connectivity index (χ1v) is 4.05. The molecule has 0 aromatic carbocycles. The van der Waals surface area contributed by atoms with E-state index in [2.05, 4.69) is 0 Å². The molecule has 0 aromatic rings. The highest BCUT2D eigenvalue weighted by molar-refractivity contribution is 4.64. The van der Waals surface area contributed by atoms with Gasteiger partial charge in [0.2, 0.25) is 0 Å². The topological polar surface area (TPSA) is 49.7 Å². The van der Waals surface area contributed by atoms with Crippen molar-refractivity contribution >= 4 is 0 Å². The van der Waals surface area contributed by atoms with Crippen LogP contribution in [0.25, 0.3) is 0 Å². The van der Waals surface area contributed by atoms with Crippen LogP contribution < -0.4 is 0 Å². The van der Waals surface area contributed by atoms with Gasteiger partial charge in [0, 0.05) is 0 Å². The highest BCUT2D eigenvalue weighted by Crippen LogP contribution is 2.00. The van der Waals surface area contributed by atoms with Gasteiger partial charge in [0.1, 0.15) is 6.10 Å². The van der Waals surface area contributed by atoms with Gasteiger partial charge in [-0.05, 0) is 20.3 Å². The molecule has 0 rings (SSSR count). The number of aliphatic hydroxyl groups excluding tert-OH is 2. The summed E-state index contributed by atoms with van der Waals surface area (Å²) in [6, 6.07) is 0. The van der Waals surface area contributed by atoms with E-state index in [9.17, 15) is 5.11 Å². The van der Waals surface area contributed by atoms with Crippen molar-refractivity contribution in [3.63, 3.8) is 0 Å². The Hall–Kier alpha value is -0.120. The molecule has 3 nitrogen and oxygen atoms in total. The van der Waals surface area contributed by atoms with Gasteiger partial charge in [-0.2, -0.15) is 0 Å². The van der Waals surface area contributed by atoms with Gasteiger partial charge >= 0.3 is 0 Å². The molecule has 0 aliphatic carbocycles. The third-order valence-corrected chi connectivity index (χ3v) is 1.46. The van der Waals surface area contributed by atoms with Gasteiger partial charge in [-0.15, -0.1) is 0 Å². The van der Waals surface area contributed by atoms with Gasteiger partial charge in [0.25, 0.3) is 0 Å². The van der Waals surface area contributed by atoms with Crippen LogP contribution in [0.15, 0.2) is 0 Å². The lowest BCUT2D eigenvalue weighted by molar-refractivity contribution is -0.0536. The van der Waals surface area contributed by atoms with Crippen molar-refractivity contribution in [3.8, 4) is 0 Å². The summed E-state index contributed by atoms with van der Waals surface area (Å²) in [6.07, 6.45) is -0.743. The molecule has 0 fully saturated rings. The zero-order valence-electron chi connectivity index (χ0n) is 7.45. The zero-order chi connectivity index (χ0) is 8.85. The third kappa shape index (κ3) is 5.18. The van der Waals surface area contributed by atoms with Crippen molar-refractivity contribution in [1.82, 2.24) is 0 Å². The molecular formula is C8H18O3. The molecule has 3 heteroatoms. The Morgan fingerprint density at radius 1 is 1.18 bits per heavy atom. The molecule has 0 aliphatic heterocycles. The van der Waals surface area contributed by atoms with Gasteiger partial charge in [0.15, 0.2) is 0 Å². The van der Waals surface area contributed by atoms with Crippen LogP contribution in [0.5, 0.6) is 0 Å². The van der Waals surface area contributed by atoms with Crippen LogP contribution >= 0.6 is 0 Å². The summed E-state index contributed by atoms with van der Waals surface area (Å²) in [6.45, 7) is 5.83. The third-order valence-electron chi connectivity index (χ3n) is 1.46. The molecule has 0 heterocycles. The monoisotopic (exact) mass is 162 g/mol. The van der Waals surface area contributed by atoms with E-state index in [1.807, 2.05) is 20.8 Å². The summed E-state index contributed by atoms with van der Waals surface area (Å²) < 4.78 is 5.12. The Balaban J connectivity index is 3.43. The van der Waals surface area contributed by atoms with Crippen LogP contribution in [0.4, 0.5) is 0 Å². The maximum Gasteiger partial charge on any atom is 0.103 e. The van der Waals surface area contributed by atoms with E-state index < -0.39 is 12.2 Å². The first kappa shape index (κ1) is 10.9. The largest absolute Gasteiger partial charge is 0.390 e. The number of rotatable bonds is 5. The number of hydrogen-bond donors (Lipinski definition) is 2. The van der Waals surface area contributed by atoms with E-state index in [0.29, 0.717) is 6.42 Å². The van der Waals surface area contributed by atoms with Crippen molar-refractivity contribution in [1.29, 1.82) is 0 Å². The van der Waals surface area contributed by atoms with Crippen LogP contribution in [-0.2, 0) is 4.74 Å². The van der Waals surface area contributed by atoms with E-state index in [4.69, 9.17) is 9.84 Å². The predicted molar refractivity (Wildman–Crippen MR) is 43.4 cm³/mol. The predicted octanol–water partition coefficient (Wildman–Crippen LogP) is 0.543. The smallest absolute Gasteiger partial charge is 0.103 e. The summed E-state index contributed by atoms with van der Waals surface area (Å²) in [5.74, 6) is 0. The fraction of sp³-hybridized carbons (Fsp3) is 1.00. The Morgan fingerprint density at radius 2 is 1.73 bits per heavy atom. The minimum Gasteiger partial charge on any atom is -0.390 e. The average Bonchev–Trinajstić information content (AvgIpc) is 1.98. The van der Waals surface area contributed by atoms with Crippen LogP contribution in [0, 0.1) is 0 Å². The molecule has 0 spiro atoms. The van der Waals surface area contributed by atoms with Crippen molar-refractivity contribution in [3.05, 3.63) is 0 Å². The van der Waals surface area contributed by atoms with Gasteiger partial charge in [-0.3, -0.25) is 0 Å². The van der Waals surface area contributed by atoms with Crippen LogP contribution in [-0.4, -0.2) is 35.1 Å². The maximum atomic E-state index is 9.19. The first-order valence-electron chi connectivity index (χ1n) is 4.05. The zero-order valence-corrected chi connectivity index (χ0v) is 7.45. The standard InChI is InChI=1S/C8H18O3/c1-4-7(9)8(10)5-11-6(2)3/h6-10H,4-5H2,1-3H3. The summed E-state index contributed by atoms with van der Waals surface area (Å²) in [5.41, 5.74) is 0. The Kier molecular flexibility index (Phi) is 5.46. The molecule has 2 unspecified atom stereocenters. The van der Waals surface area contributed by atoms with Crippen molar-refractivity contribution in [2.24, 2.45) is 0 Å². The second-order valence-corrected chi connectivity index (χ2v) is 2.93. The van der Waals surface area contributed by atoms with Gasteiger partial charge < -0.3 is 14.9 Å². The van der Waals surface area contributed by atoms with Gasteiger partial charge in [-0.1, -0.05) is 6.92 Å². The highest BCUT2D eigenvalue weighted by atomic mass is 16.5. The fourth-order valence-corrected chi connectivity index (χ4v) is 0.674. The molecule has 2 atom stereocenters. The summed E-state index contributed by atoms with van der Waals surface area (Å²) in [4.78, 5) is 0. The molecule has 0 aliphatic rings. The molecule has 0 saturated carbocycles. The fourth-order valence-electron chi connectivity index (χ4n) is 0.674. The van der Waals surface area contributed by atoms with Crippen LogP contribution in [0.1, 0.15) is 27.2 Å². The summed E-state index contributed by atoms with van der Waals surface area (Å²) >= 11 is 0. The molecular weight excluding hydrogens is 144 g/mol. The molecule has 11 heavy (non-hydrogen) atoms. The van der Waals surface area contributed by atoms with E-state index in [-0.39, 0.29) is 12.7 Å². The lowest BCUT2D eigenvalue weighted by Gasteiger charge is -2.17. The van der Waals surface area contributed by atoms with E-state index in [1.54, 1.807) is 0 Å². The highest BCUT2D eigenvalue weighted by Gasteiger charge is 2.14. The summed E-state index contributed by atoms with van der Waals surface area (Å²) in [7, 11) is 0. The summed E-state index contributed by atoms with van der Waals surface area (Å²) in [5, 5.41) is 18.3. The van der Waals surface area contributed by atoms with Crippen molar-refractivity contribution in [2.75, 3.05) is 6.61 Å². The molecule has 0 saturated heterocycles. The number of aliphatic hydroxyl groups is 2. The quantitative estimate of drug-likeness (QED) is 0.620. The maximum absolute atomic E-state index is 9.19. The Labute approximate surface area is 68.0 Å². The number of ether oxygens (including phenoxy) is 1. The Bertz CT molecular complexity index is 93.3. The molecule has 0 bridgehead atoms. The second kappa shape index (κ2) is 5.52. The lowest BCUT2D eigenvalue weighted by Crippen LogP contribution is -2.30. The first-order chi connectivity index (χ1) is 5.07. The number of hydrogen-bond acceptors (Lipinski definition) is 3. The van der Waals surface area contributed by atoms with Crippen LogP contribution in [0.3, 0.4) is 0 Å². The van der Waals surface area contributed by atoms with Crippen molar-refractivity contribution in [2.45, 2.75) is 45.5 Å². The van der Waals surface area contributed by atoms with E-state index >= 15 is 0 Å². The molecule has 0 aromatic heterocycles. The van der Waals surface area contributed by atoms with Gasteiger partial charge in [0.05, 0.1) is 18.8 Å². The molecule has 0 radical (unpaired) electrons. The molecule has 0 amide bonds. The van der Waals surface area contributed by atoms with E-state index in [1.165, 1.54) is 0 Å². The SMILES string of the molecule is CCC(O)C(O)COC(C)C. The van der Waals surface area contributed by atoms with Crippen LogP contribution in [0.2, 0.25) is 0 Å². The van der Waals surface area contributed by atoms with Crippen molar-refractivity contribution < 1.29 is 14.9 Å². The van der Waals surface area contributed by atoms with E-state index in [0.717, 1.165) is 0 Å².